The molecule has 8 nitrogen and oxygen atoms in total. The largest absolute Gasteiger partial charge is 0.493 e. The Morgan fingerprint density at radius 3 is 2.71 bits per heavy atom. The van der Waals surface area contributed by atoms with E-state index in [0.29, 0.717) is 51.5 Å². The molecule has 0 saturated heterocycles. The van der Waals surface area contributed by atoms with Gasteiger partial charge in [-0.15, -0.1) is 11.3 Å². The van der Waals surface area contributed by atoms with E-state index in [0.717, 1.165) is 51.4 Å². The number of thiophene rings is 1. The molecule has 1 aliphatic heterocycles. The molecule has 2 aromatic heterocycles. The fraction of sp³-hybridized carbons (Fsp3) is 0.344. The number of carbonyl (C=O) groups excluding carboxylic acids is 1. The van der Waals surface area contributed by atoms with Gasteiger partial charge in [0.05, 0.1) is 18.9 Å². The van der Waals surface area contributed by atoms with Crippen molar-refractivity contribution in [3.8, 4) is 27.6 Å². The van der Waals surface area contributed by atoms with E-state index in [-0.39, 0.29) is 12.5 Å². The Labute approximate surface area is 243 Å². The lowest BCUT2D eigenvalue weighted by Crippen LogP contribution is -2.37. The number of carbonyl (C=O) groups is 2. The van der Waals surface area contributed by atoms with Crippen LogP contribution in [0.4, 0.5) is 4.79 Å². The Morgan fingerprint density at radius 1 is 1.07 bits per heavy atom. The molecule has 41 heavy (non-hydrogen) atoms. The summed E-state index contributed by atoms with van der Waals surface area (Å²) in [6.07, 6.45) is 2.02. The van der Waals surface area contributed by atoms with Crippen LogP contribution in [0.25, 0.3) is 21.9 Å². The number of aliphatic carboxylic acids is 1. The minimum absolute atomic E-state index is 0.0247. The van der Waals surface area contributed by atoms with Crippen molar-refractivity contribution in [1.82, 2.24) is 9.88 Å². The Hall–Kier alpha value is -4.11. The Morgan fingerprint density at radius 2 is 1.93 bits per heavy atom. The van der Waals surface area contributed by atoms with Gasteiger partial charge in [-0.05, 0) is 72.5 Å². The highest BCUT2D eigenvalue weighted by Crippen LogP contribution is 2.33. The van der Waals surface area contributed by atoms with Crippen molar-refractivity contribution in [3.63, 3.8) is 0 Å². The second-order valence-corrected chi connectivity index (χ2v) is 11.0. The third kappa shape index (κ3) is 6.79. The van der Waals surface area contributed by atoms with Gasteiger partial charge in [-0.3, -0.25) is 4.79 Å². The summed E-state index contributed by atoms with van der Waals surface area (Å²) >= 11 is 1.70. The minimum Gasteiger partial charge on any atom is -0.493 e. The average molecular weight is 575 g/mol. The first-order valence-electron chi connectivity index (χ1n) is 13.9. The molecule has 0 bridgehead atoms. The van der Waals surface area contributed by atoms with Crippen molar-refractivity contribution in [2.24, 2.45) is 0 Å². The van der Waals surface area contributed by atoms with Crippen molar-refractivity contribution in [1.29, 1.82) is 0 Å². The van der Waals surface area contributed by atoms with Gasteiger partial charge in [-0.25, -0.2) is 9.78 Å². The van der Waals surface area contributed by atoms with Gasteiger partial charge in [0.2, 0.25) is 5.89 Å². The van der Waals surface area contributed by atoms with E-state index < -0.39 is 5.97 Å². The Bertz CT molecular complexity index is 1510. The first-order chi connectivity index (χ1) is 19.9. The first kappa shape index (κ1) is 28.4. The molecule has 9 heteroatoms. The fourth-order valence-electron chi connectivity index (χ4n) is 5.04. The molecule has 1 amide bonds. The molecular formula is C32H34N2O6S. The molecule has 0 unspecified atom stereocenters. The van der Waals surface area contributed by atoms with Crippen LogP contribution in [0.3, 0.4) is 0 Å². The van der Waals surface area contributed by atoms with Crippen molar-refractivity contribution in [3.05, 3.63) is 82.1 Å². The van der Waals surface area contributed by atoms with Gasteiger partial charge in [0, 0.05) is 41.9 Å². The average Bonchev–Trinajstić information content (AvgIpc) is 3.65. The maximum atomic E-state index is 12.5. The lowest BCUT2D eigenvalue weighted by Gasteiger charge is -2.31. The third-order valence-corrected chi connectivity index (χ3v) is 8.09. The summed E-state index contributed by atoms with van der Waals surface area (Å²) in [5, 5.41) is 11.3. The fourth-order valence-corrected chi connectivity index (χ4v) is 5.77. The number of benzene rings is 2. The third-order valence-electron chi connectivity index (χ3n) is 7.17. The van der Waals surface area contributed by atoms with Crippen molar-refractivity contribution in [2.75, 3.05) is 19.8 Å². The number of carboxylic acid groups (broad SMARTS) is 1. The summed E-state index contributed by atoms with van der Waals surface area (Å²) in [6, 6.07) is 16.2. The van der Waals surface area contributed by atoms with Crippen LogP contribution in [0.1, 0.15) is 47.9 Å². The van der Waals surface area contributed by atoms with Crippen LogP contribution in [-0.4, -0.2) is 46.8 Å². The van der Waals surface area contributed by atoms with Gasteiger partial charge in [-0.1, -0.05) is 31.2 Å². The highest BCUT2D eigenvalue weighted by molar-refractivity contribution is 7.13. The number of aryl methyl sites for hydroxylation is 2. The van der Waals surface area contributed by atoms with E-state index in [1.807, 2.05) is 44.2 Å². The number of oxazole rings is 1. The topological polar surface area (TPSA) is 102 Å². The number of nitrogens with zero attached hydrogens (tertiary/aromatic N) is 2. The quantitative estimate of drug-likeness (QED) is 0.207. The van der Waals surface area contributed by atoms with E-state index >= 15 is 0 Å². The summed E-state index contributed by atoms with van der Waals surface area (Å²) in [5.41, 5.74) is 5.80. The molecule has 214 valence electrons. The zero-order valence-corrected chi connectivity index (χ0v) is 24.2. The van der Waals surface area contributed by atoms with Crippen molar-refractivity contribution in [2.45, 2.75) is 52.5 Å². The molecule has 0 atom stereocenters. The number of hydrogen-bond donors (Lipinski definition) is 1. The van der Waals surface area contributed by atoms with E-state index in [9.17, 15) is 14.7 Å². The number of hydrogen-bond acceptors (Lipinski definition) is 7. The van der Waals surface area contributed by atoms with E-state index in [1.54, 1.807) is 16.2 Å². The van der Waals surface area contributed by atoms with Crippen LogP contribution in [0, 0.1) is 6.92 Å². The van der Waals surface area contributed by atoms with Crippen LogP contribution in [-0.2, 0) is 35.3 Å². The van der Waals surface area contributed by atoms with Gasteiger partial charge >= 0.3 is 12.1 Å². The Kier molecular flexibility index (Phi) is 9.04. The predicted molar refractivity (Wildman–Crippen MR) is 157 cm³/mol. The predicted octanol–water partition coefficient (Wildman–Crippen LogP) is 6.92. The molecule has 1 N–H and O–H groups in total. The highest BCUT2D eigenvalue weighted by atomic mass is 32.1. The molecule has 0 fully saturated rings. The summed E-state index contributed by atoms with van der Waals surface area (Å²) in [6.45, 7) is 5.55. The number of ether oxygens (including phenoxy) is 2. The molecule has 0 spiro atoms. The molecule has 0 radical (unpaired) electrons. The van der Waals surface area contributed by atoms with Crippen molar-refractivity contribution < 1.29 is 28.6 Å². The van der Waals surface area contributed by atoms with Gasteiger partial charge in [0.25, 0.3) is 0 Å². The highest BCUT2D eigenvalue weighted by Gasteiger charge is 2.26. The molecule has 0 aliphatic carbocycles. The zero-order chi connectivity index (χ0) is 28.8. The first-order valence-corrected chi connectivity index (χ1v) is 14.8. The molecule has 5 rings (SSSR count). The van der Waals surface area contributed by atoms with E-state index in [2.05, 4.69) is 23.6 Å². The van der Waals surface area contributed by atoms with Crippen LogP contribution < -0.4 is 4.74 Å². The molecule has 4 aromatic rings. The summed E-state index contributed by atoms with van der Waals surface area (Å²) in [4.78, 5) is 31.4. The van der Waals surface area contributed by atoms with Crippen molar-refractivity contribution >= 4 is 23.4 Å². The molecular weight excluding hydrogens is 540 g/mol. The van der Waals surface area contributed by atoms with Gasteiger partial charge in [0.1, 0.15) is 11.5 Å². The van der Waals surface area contributed by atoms with Gasteiger partial charge < -0.3 is 23.9 Å². The molecule has 0 saturated carbocycles. The number of amides is 1. The van der Waals surface area contributed by atoms with Gasteiger partial charge in [-0.2, -0.15) is 0 Å². The second-order valence-electron chi connectivity index (χ2n) is 10.0. The van der Waals surface area contributed by atoms with Gasteiger partial charge in [0.15, 0.2) is 0 Å². The maximum Gasteiger partial charge on any atom is 0.410 e. The second kappa shape index (κ2) is 13.0. The molecule has 2 aromatic carbocycles. The maximum absolute atomic E-state index is 12.5. The molecule has 1 aliphatic rings. The van der Waals surface area contributed by atoms with Crippen LogP contribution >= 0.6 is 11.3 Å². The monoisotopic (exact) mass is 574 g/mol. The lowest BCUT2D eigenvalue weighted by molar-refractivity contribution is -0.136. The molecule has 3 heterocycles. The SMILES string of the molecule is CCCOC(=O)N1CCc2c(OCCc3nc(-c4cccc(-c5cccs5)c4)oc3C)ccc(CCC(=O)O)c2C1. The smallest absolute Gasteiger partial charge is 0.410 e. The minimum atomic E-state index is -0.852. The summed E-state index contributed by atoms with van der Waals surface area (Å²) in [5.74, 6) is 1.25. The number of carboxylic acids is 1. The number of fused-ring (bicyclic) bond motifs is 1. The number of aromatic nitrogens is 1. The standard InChI is InChI=1S/C32H34N2O6S/c1-3-16-39-32(37)34-15-13-25-26(20-34)22(10-12-30(35)36)9-11-28(25)38-17-14-27-21(2)40-31(33-27)24-7-4-6-23(19-24)29-8-5-18-41-29/h4-9,11,18-19H,3,10,12-17,20H2,1-2H3,(H,35,36). The lowest BCUT2D eigenvalue weighted by atomic mass is 9.92. The summed E-state index contributed by atoms with van der Waals surface area (Å²) < 4.78 is 17.6. The van der Waals surface area contributed by atoms with Crippen LogP contribution in [0.5, 0.6) is 5.75 Å². The zero-order valence-electron chi connectivity index (χ0n) is 23.4. The van der Waals surface area contributed by atoms with E-state index in [4.69, 9.17) is 18.9 Å². The summed E-state index contributed by atoms with van der Waals surface area (Å²) in [7, 11) is 0. The van der Waals surface area contributed by atoms with E-state index in [1.165, 1.54) is 4.88 Å². The Balaban J connectivity index is 1.29. The number of rotatable bonds is 11. The van der Waals surface area contributed by atoms with Crippen LogP contribution in [0.2, 0.25) is 0 Å². The van der Waals surface area contributed by atoms with Crippen LogP contribution in [0.15, 0.2) is 58.3 Å². The normalized spacial score (nSPS) is 12.7.